The maximum atomic E-state index is 13.0. The maximum absolute atomic E-state index is 13.0. The molecule has 0 saturated carbocycles. The second-order valence-electron chi connectivity index (χ2n) is 5.81. The van der Waals surface area contributed by atoms with Gasteiger partial charge in [-0.2, -0.15) is 5.10 Å². The van der Waals surface area contributed by atoms with Gasteiger partial charge in [-0.15, -0.1) is 5.10 Å². The molecule has 1 saturated heterocycles. The second-order valence-corrected chi connectivity index (χ2v) is 5.81. The number of anilines is 1. The maximum Gasteiger partial charge on any atom is 0.245 e. The van der Waals surface area contributed by atoms with Crippen LogP contribution in [0.3, 0.4) is 0 Å². The van der Waals surface area contributed by atoms with E-state index in [1.165, 1.54) is 25.0 Å². The predicted octanol–water partition coefficient (Wildman–Crippen LogP) is 2.21. The zero-order valence-electron chi connectivity index (χ0n) is 12.9. The molecule has 1 aromatic carbocycles. The third-order valence-electron chi connectivity index (χ3n) is 4.19. The van der Waals surface area contributed by atoms with E-state index in [-0.39, 0.29) is 5.82 Å². The van der Waals surface area contributed by atoms with Crippen LogP contribution in [0.4, 0.5) is 10.3 Å². The molecule has 6 heteroatoms. The molecular weight excluding hydrogens is 281 g/mol. The lowest BCUT2D eigenvalue weighted by Crippen LogP contribution is -2.37. The van der Waals surface area contributed by atoms with E-state index in [0.717, 1.165) is 18.7 Å². The number of rotatable bonds is 4. The lowest BCUT2D eigenvalue weighted by atomic mass is 10.2. The topological polar surface area (TPSA) is 45.2 Å². The van der Waals surface area contributed by atoms with E-state index in [2.05, 4.69) is 27.1 Å². The number of aromatic nitrogens is 3. The minimum atomic E-state index is -0.257. The van der Waals surface area contributed by atoms with Crippen LogP contribution in [0.25, 0.3) is 11.3 Å². The quantitative estimate of drug-likeness (QED) is 0.866. The number of hydrogen-bond donors (Lipinski definition) is 0. The van der Waals surface area contributed by atoms with Crippen molar-refractivity contribution in [1.82, 2.24) is 20.1 Å². The van der Waals surface area contributed by atoms with Crippen LogP contribution in [0.15, 0.2) is 30.5 Å². The zero-order chi connectivity index (χ0) is 15.5. The Bertz CT molecular complexity index is 631. The fraction of sp³-hybridized carbons (Fsp3) is 0.438. The van der Waals surface area contributed by atoms with Crippen LogP contribution in [0.5, 0.6) is 0 Å². The molecule has 1 aromatic heterocycles. The van der Waals surface area contributed by atoms with Crippen molar-refractivity contribution in [3.63, 3.8) is 0 Å². The largest absolute Gasteiger partial charge is 0.341 e. The van der Waals surface area contributed by atoms with Crippen LogP contribution in [0.1, 0.15) is 12.8 Å². The molecule has 2 aromatic rings. The summed E-state index contributed by atoms with van der Waals surface area (Å²) in [6, 6.07) is 6.78. The van der Waals surface area contributed by atoms with Crippen molar-refractivity contribution >= 4 is 5.95 Å². The molecule has 0 radical (unpaired) electrons. The van der Waals surface area contributed by atoms with Crippen molar-refractivity contribution < 1.29 is 4.39 Å². The van der Waals surface area contributed by atoms with E-state index < -0.39 is 0 Å². The van der Waals surface area contributed by atoms with E-state index in [1.54, 1.807) is 18.3 Å². The Kier molecular flexibility index (Phi) is 4.29. The molecule has 0 aliphatic carbocycles. The first-order valence-corrected chi connectivity index (χ1v) is 7.50. The van der Waals surface area contributed by atoms with Crippen molar-refractivity contribution in [3.8, 4) is 11.3 Å². The van der Waals surface area contributed by atoms with Crippen LogP contribution < -0.4 is 4.90 Å². The Morgan fingerprint density at radius 2 is 2.09 bits per heavy atom. The van der Waals surface area contributed by atoms with Crippen LogP contribution in [0, 0.1) is 5.82 Å². The summed E-state index contributed by atoms with van der Waals surface area (Å²) in [6.07, 6.45) is 4.04. The molecule has 1 fully saturated rings. The summed E-state index contributed by atoms with van der Waals surface area (Å²) in [4.78, 5) is 8.95. The molecule has 2 heterocycles. The van der Waals surface area contributed by atoms with Gasteiger partial charge in [0, 0.05) is 25.2 Å². The molecular formula is C16H20FN5. The third-order valence-corrected chi connectivity index (χ3v) is 4.19. The SMILES string of the molecule is CN(CC1CCCN1C)c1nncc(-c2ccc(F)cc2)n1. The second kappa shape index (κ2) is 6.36. The molecule has 1 aliphatic heterocycles. The van der Waals surface area contributed by atoms with Gasteiger partial charge in [0.25, 0.3) is 0 Å². The lowest BCUT2D eigenvalue weighted by Gasteiger charge is -2.25. The van der Waals surface area contributed by atoms with Crippen LogP contribution >= 0.6 is 0 Å². The van der Waals surface area contributed by atoms with Gasteiger partial charge in [0.2, 0.25) is 5.95 Å². The Hall–Kier alpha value is -2.08. The van der Waals surface area contributed by atoms with Gasteiger partial charge in [0.15, 0.2) is 0 Å². The molecule has 1 aliphatic rings. The third kappa shape index (κ3) is 3.22. The Morgan fingerprint density at radius 1 is 1.32 bits per heavy atom. The van der Waals surface area contributed by atoms with Crippen LogP contribution in [-0.4, -0.2) is 53.3 Å². The number of likely N-dealkylation sites (N-methyl/N-ethyl adjacent to an activating group) is 2. The van der Waals surface area contributed by atoms with Crippen LogP contribution in [-0.2, 0) is 0 Å². The van der Waals surface area contributed by atoms with Crippen molar-refractivity contribution in [3.05, 3.63) is 36.3 Å². The molecule has 116 valence electrons. The first-order valence-electron chi connectivity index (χ1n) is 7.50. The van der Waals surface area contributed by atoms with Crippen molar-refractivity contribution in [1.29, 1.82) is 0 Å². The average molecular weight is 301 g/mol. The molecule has 1 unspecified atom stereocenters. The summed E-state index contributed by atoms with van der Waals surface area (Å²) in [5, 5.41) is 8.16. The highest BCUT2D eigenvalue weighted by Gasteiger charge is 2.23. The Balaban J connectivity index is 1.77. The highest BCUT2D eigenvalue weighted by molar-refractivity contribution is 5.58. The van der Waals surface area contributed by atoms with Gasteiger partial charge in [-0.25, -0.2) is 9.37 Å². The van der Waals surface area contributed by atoms with Gasteiger partial charge in [0.05, 0.1) is 11.9 Å². The summed E-state index contributed by atoms with van der Waals surface area (Å²) in [7, 11) is 4.14. The summed E-state index contributed by atoms with van der Waals surface area (Å²) in [5.74, 6) is 0.342. The Labute approximate surface area is 129 Å². The monoisotopic (exact) mass is 301 g/mol. The minimum absolute atomic E-state index is 0.257. The molecule has 0 spiro atoms. The van der Waals surface area contributed by atoms with Crippen molar-refractivity contribution in [2.75, 3.05) is 32.1 Å². The van der Waals surface area contributed by atoms with Gasteiger partial charge in [-0.1, -0.05) is 0 Å². The van der Waals surface area contributed by atoms with E-state index in [0.29, 0.717) is 17.7 Å². The number of benzene rings is 1. The standard InChI is InChI=1S/C16H20FN5/c1-21-9-3-4-14(21)11-22(2)16-19-15(10-18-20-16)12-5-7-13(17)8-6-12/h5-8,10,14H,3-4,9,11H2,1-2H3. The normalized spacial score (nSPS) is 18.6. The fourth-order valence-electron chi connectivity index (χ4n) is 2.82. The van der Waals surface area contributed by atoms with Gasteiger partial charge in [-0.3, -0.25) is 0 Å². The lowest BCUT2D eigenvalue weighted by molar-refractivity contribution is 0.313. The first-order chi connectivity index (χ1) is 10.6. The van der Waals surface area contributed by atoms with E-state index in [9.17, 15) is 4.39 Å². The fourth-order valence-corrected chi connectivity index (χ4v) is 2.82. The smallest absolute Gasteiger partial charge is 0.245 e. The summed E-state index contributed by atoms with van der Waals surface area (Å²) < 4.78 is 13.0. The highest BCUT2D eigenvalue weighted by Crippen LogP contribution is 2.20. The van der Waals surface area contributed by atoms with Crippen molar-refractivity contribution in [2.24, 2.45) is 0 Å². The molecule has 22 heavy (non-hydrogen) atoms. The molecule has 0 N–H and O–H groups in total. The number of halogens is 1. The summed E-state index contributed by atoms with van der Waals surface area (Å²) >= 11 is 0. The van der Waals surface area contributed by atoms with E-state index >= 15 is 0 Å². The summed E-state index contributed by atoms with van der Waals surface area (Å²) in [5.41, 5.74) is 1.54. The van der Waals surface area contributed by atoms with Gasteiger partial charge < -0.3 is 9.80 Å². The molecule has 0 bridgehead atoms. The predicted molar refractivity (Wildman–Crippen MR) is 84.1 cm³/mol. The molecule has 5 nitrogen and oxygen atoms in total. The van der Waals surface area contributed by atoms with Gasteiger partial charge in [0.1, 0.15) is 5.82 Å². The highest BCUT2D eigenvalue weighted by atomic mass is 19.1. The molecule has 0 amide bonds. The zero-order valence-corrected chi connectivity index (χ0v) is 12.9. The molecule has 1 atom stereocenters. The van der Waals surface area contributed by atoms with Gasteiger partial charge in [-0.05, 0) is 50.7 Å². The summed E-state index contributed by atoms with van der Waals surface area (Å²) in [6.45, 7) is 2.03. The Morgan fingerprint density at radius 3 is 2.77 bits per heavy atom. The number of likely N-dealkylation sites (tertiary alicyclic amines) is 1. The first kappa shape index (κ1) is 14.8. The van der Waals surface area contributed by atoms with E-state index in [4.69, 9.17) is 0 Å². The average Bonchev–Trinajstić information content (AvgIpc) is 2.93. The van der Waals surface area contributed by atoms with E-state index in [1.807, 2.05) is 11.9 Å². The minimum Gasteiger partial charge on any atom is -0.341 e. The number of hydrogen-bond acceptors (Lipinski definition) is 5. The molecule has 3 rings (SSSR count). The van der Waals surface area contributed by atoms with Crippen LogP contribution in [0.2, 0.25) is 0 Å². The van der Waals surface area contributed by atoms with Gasteiger partial charge >= 0.3 is 0 Å². The number of nitrogens with zero attached hydrogens (tertiary/aromatic N) is 5. The van der Waals surface area contributed by atoms with Crippen molar-refractivity contribution in [2.45, 2.75) is 18.9 Å².